The molecular weight excluding hydrogens is 310 g/mol. The summed E-state index contributed by atoms with van der Waals surface area (Å²) in [6.45, 7) is 2.55. The first kappa shape index (κ1) is 15.8. The van der Waals surface area contributed by atoms with E-state index in [2.05, 4.69) is 0 Å². The number of hydrogen-bond donors (Lipinski definition) is 0. The number of hydrogen-bond acceptors (Lipinski definition) is 6. The highest BCUT2D eigenvalue weighted by molar-refractivity contribution is 8.26. The number of carbonyl (C=O) groups is 2. The van der Waals surface area contributed by atoms with E-state index in [1.807, 2.05) is 0 Å². The lowest BCUT2D eigenvalue weighted by atomic mass is 10.3. The van der Waals surface area contributed by atoms with E-state index >= 15 is 0 Å². The Hall–Kier alpha value is -1.60. The summed E-state index contributed by atoms with van der Waals surface area (Å²) in [6, 6.07) is 3.53. The van der Waals surface area contributed by atoms with Gasteiger partial charge >= 0.3 is 5.97 Å². The lowest BCUT2D eigenvalue weighted by Gasteiger charge is -2.13. The lowest BCUT2D eigenvalue weighted by molar-refractivity contribution is -0.143. The Morgan fingerprint density at radius 1 is 1.57 bits per heavy atom. The summed E-state index contributed by atoms with van der Waals surface area (Å²) in [5, 5.41) is 0. The van der Waals surface area contributed by atoms with Crippen LogP contribution < -0.4 is 0 Å². The van der Waals surface area contributed by atoms with E-state index in [4.69, 9.17) is 21.4 Å². The summed E-state index contributed by atoms with van der Waals surface area (Å²) in [7, 11) is 0. The Morgan fingerprint density at radius 3 is 3.05 bits per heavy atom. The molecule has 1 aliphatic heterocycles. The van der Waals surface area contributed by atoms with Crippen molar-refractivity contribution in [1.82, 2.24) is 4.90 Å². The number of esters is 1. The minimum absolute atomic E-state index is 0.148. The van der Waals surface area contributed by atoms with Crippen LogP contribution in [-0.2, 0) is 14.3 Å². The van der Waals surface area contributed by atoms with Crippen LogP contribution in [0.1, 0.15) is 25.5 Å². The van der Waals surface area contributed by atoms with E-state index in [-0.39, 0.29) is 18.3 Å². The van der Waals surface area contributed by atoms with E-state index in [0.29, 0.717) is 34.6 Å². The van der Waals surface area contributed by atoms with Crippen molar-refractivity contribution >= 4 is 46.3 Å². The highest BCUT2D eigenvalue weighted by Gasteiger charge is 2.31. The van der Waals surface area contributed by atoms with Crippen molar-refractivity contribution in [2.75, 3.05) is 13.2 Å². The van der Waals surface area contributed by atoms with Gasteiger partial charge in [0.15, 0.2) is 0 Å². The molecule has 1 fully saturated rings. The molecule has 1 aliphatic rings. The topological polar surface area (TPSA) is 59.8 Å². The van der Waals surface area contributed by atoms with Crippen molar-refractivity contribution in [1.29, 1.82) is 0 Å². The zero-order valence-corrected chi connectivity index (χ0v) is 13.2. The van der Waals surface area contributed by atoms with Crippen LogP contribution in [0.2, 0.25) is 0 Å². The summed E-state index contributed by atoms with van der Waals surface area (Å²) in [5.41, 5.74) is 0. The highest BCUT2D eigenvalue weighted by Crippen LogP contribution is 2.32. The Morgan fingerprint density at radius 2 is 2.38 bits per heavy atom. The molecule has 0 radical (unpaired) electrons. The van der Waals surface area contributed by atoms with Crippen molar-refractivity contribution in [2.45, 2.75) is 19.8 Å². The molecule has 1 aromatic rings. The van der Waals surface area contributed by atoms with Crippen LogP contribution in [0.15, 0.2) is 27.7 Å². The largest absolute Gasteiger partial charge is 0.466 e. The molecule has 7 heteroatoms. The van der Waals surface area contributed by atoms with E-state index < -0.39 is 0 Å². The van der Waals surface area contributed by atoms with Gasteiger partial charge in [0.05, 0.1) is 17.8 Å². The molecule has 0 aliphatic carbocycles. The van der Waals surface area contributed by atoms with Gasteiger partial charge in [0, 0.05) is 19.0 Å². The molecule has 1 saturated heterocycles. The van der Waals surface area contributed by atoms with E-state index in [1.54, 1.807) is 31.4 Å². The fraction of sp³-hybridized carbons (Fsp3) is 0.357. The molecule has 0 bridgehead atoms. The summed E-state index contributed by atoms with van der Waals surface area (Å²) in [4.78, 5) is 25.5. The number of furan rings is 1. The van der Waals surface area contributed by atoms with Gasteiger partial charge in [-0.05, 0) is 25.5 Å². The van der Waals surface area contributed by atoms with Gasteiger partial charge in [0.1, 0.15) is 10.1 Å². The molecule has 0 unspecified atom stereocenters. The average molecular weight is 325 g/mol. The van der Waals surface area contributed by atoms with Crippen molar-refractivity contribution in [2.24, 2.45) is 0 Å². The van der Waals surface area contributed by atoms with Gasteiger partial charge in [0.2, 0.25) is 0 Å². The van der Waals surface area contributed by atoms with Gasteiger partial charge in [-0.3, -0.25) is 14.5 Å². The zero-order chi connectivity index (χ0) is 15.2. The second kappa shape index (κ2) is 7.42. The first-order valence-electron chi connectivity index (χ1n) is 6.56. The second-order valence-electron chi connectivity index (χ2n) is 4.26. The number of amides is 1. The predicted molar refractivity (Wildman–Crippen MR) is 84.5 cm³/mol. The maximum atomic E-state index is 12.2. The third-order valence-corrected chi connectivity index (χ3v) is 4.14. The van der Waals surface area contributed by atoms with Crippen LogP contribution in [-0.4, -0.2) is 34.2 Å². The van der Waals surface area contributed by atoms with Crippen molar-refractivity contribution in [3.05, 3.63) is 29.1 Å². The smallest absolute Gasteiger partial charge is 0.305 e. The van der Waals surface area contributed by atoms with Crippen LogP contribution in [0.4, 0.5) is 0 Å². The average Bonchev–Trinajstić information content (AvgIpc) is 3.03. The molecule has 5 nitrogen and oxygen atoms in total. The van der Waals surface area contributed by atoms with Crippen molar-refractivity contribution in [3.63, 3.8) is 0 Å². The predicted octanol–water partition coefficient (Wildman–Crippen LogP) is 2.82. The molecular formula is C14H15NO4S2. The Bertz CT molecular complexity index is 566. The van der Waals surface area contributed by atoms with Crippen LogP contribution >= 0.6 is 24.0 Å². The Kier molecular flexibility index (Phi) is 5.58. The van der Waals surface area contributed by atoms with Crippen LogP contribution in [0.25, 0.3) is 6.08 Å². The maximum absolute atomic E-state index is 12.2. The highest BCUT2D eigenvalue weighted by atomic mass is 32.2. The Labute approximate surface area is 132 Å². The standard InChI is InChI=1S/C14H15NO4S2/c1-2-18-12(16)6-3-7-15-13(17)11(21-14(15)20)9-10-5-4-8-19-10/h4-5,8-9H,2-3,6-7H2,1H3/b11-9-. The first-order valence-corrected chi connectivity index (χ1v) is 7.78. The van der Waals surface area contributed by atoms with Gasteiger partial charge in [-0.25, -0.2) is 0 Å². The van der Waals surface area contributed by atoms with Crippen molar-refractivity contribution < 1.29 is 18.7 Å². The third-order valence-electron chi connectivity index (χ3n) is 2.76. The molecule has 0 aromatic carbocycles. The molecule has 1 amide bonds. The van der Waals surface area contributed by atoms with Gasteiger partial charge < -0.3 is 9.15 Å². The van der Waals surface area contributed by atoms with Crippen LogP contribution in [0.3, 0.4) is 0 Å². The third kappa shape index (κ3) is 4.18. The fourth-order valence-corrected chi connectivity index (χ4v) is 3.10. The van der Waals surface area contributed by atoms with Gasteiger partial charge in [-0.15, -0.1) is 0 Å². The number of carbonyl (C=O) groups excluding carboxylic acids is 2. The zero-order valence-electron chi connectivity index (χ0n) is 11.5. The number of rotatable bonds is 6. The summed E-state index contributed by atoms with van der Waals surface area (Å²) in [5.74, 6) is 0.210. The van der Waals surface area contributed by atoms with Gasteiger partial charge in [0.25, 0.3) is 5.91 Å². The van der Waals surface area contributed by atoms with Crippen molar-refractivity contribution in [3.8, 4) is 0 Å². The number of thioether (sulfide) groups is 1. The lowest BCUT2D eigenvalue weighted by Crippen LogP contribution is -2.29. The molecule has 0 atom stereocenters. The molecule has 2 heterocycles. The quantitative estimate of drug-likeness (QED) is 0.455. The first-order chi connectivity index (χ1) is 10.1. The minimum Gasteiger partial charge on any atom is -0.466 e. The SMILES string of the molecule is CCOC(=O)CCCN1C(=O)/C(=C/c2ccco2)SC1=S. The van der Waals surface area contributed by atoms with Gasteiger partial charge in [-0.2, -0.15) is 0 Å². The molecule has 0 saturated carbocycles. The number of ether oxygens (including phenoxy) is 1. The van der Waals surface area contributed by atoms with E-state index in [9.17, 15) is 9.59 Å². The monoisotopic (exact) mass is 325 g/mol. The maximum Gasteiger partial charge on any atom is 0.305 e. The molecule has 21 heavy (non-hydrogen) atoms. The number of thiocarbonyl (C=S) groups is 1. The normalized spacial score (nSPS) is 16.8. The number of nitrogens with zero attached hydrogens (tertiary/aromatic N) is 1. The van der Waals surface area contributed by atoms with Gasteiger partial charge in [-0.1, -0.05) is 24.0 Å². The molecule has 112 valence electrons. The minimum atomic E-state index is -0.255. The summed E-state index contributed by atoms with van der Waals surface area (Å²) >= 11 is 6.44. The van der Waals surface area contributed by atoms with Crippen LogP contribution in [0.5, 0.6) is 0 Å². The summed E-state index contributed by atoms with van der Waals surface area (Å²) in [6.07, 6.45) is 4.03. The van der Waals surface area contributed by atoms with Crippen LogP contribution in [0, 0.1) is 0 Å². The van der Waals surface area contributed by atoms with E-state index in [1.165, 1.54) is 16.7 Å². The van der Waals surface area contributed by atoms with E-state index in [0.717, 1.165) is 0 Å². The second-order valence-corrected chi connectivity index (χ2v) is 5.93. The molecule has 1 aromatic heterocycles. The molecule has 0 N–H and O–H groups in total. The summed E-state index contributed by atoms with van der Waals surface area (Å²) < 4.78 is 10.5. The molecule has 2 rings (SSSR count). The fourth-order valence-electron chi connectivity index (χ4n) is 1.81. The molecule has 0 spiro atoms. The Balaban J connectivity index is 1.91.